The van der Waals surface area contributed by atoms with E-state index >= 15 is 0 Å². The molecular formula is C40H68N6O2S2. The molecule has 0 spiro atoms. The van der Waals surface area contributed by atoms with Crippen LogP contribution in [0.1, 0.15) is 87.2 Å². The van der Waals surface area contributed by atoms with Gasteiger partial charge in [0.25, 0.3) is 11.8 Å². The molecule has 0 heterocycles. The predicted molar refractivity (Wildman–Crippen MR) is 217 cm³/mol. The summed E-state index contributed by atoms with van der Waals surface area (Å²) in [6.07, 6.45) is 0. The van der Waals surface area contributed by atoms with E-state index in [2.05, 4.69) is 101 Å². The van der Waals surface area contributed by atoms with Crippen LogP contribution in [0.15, 0.2) is 46.2 Å². The fourth-order valence-electron chi connectivity index (χ4n) is 6.02. The van der Waals surface area contributed by atoms with E-state index in [4.69, 9.17) is 0 Å². The molecule has 0 fully saturated rings. The highest BCUT2D eigenvalue weighted by Crippen LogP contribution is 2.42. The molecule has 2 aromatic carbocycles. The summed E-state index contributed by atoms with van der Waals surface area (Å²) in [5.74, 6) is 0.152. The maximum Gasteiger partial charge on any atom is 0.255 e. The van der Waals surface area contributed by atoms with Gasteiger partial charge in [0, 0.05) is 62.1 Å². The van der Waals surface area contributed by atoms with Crippen molar-refractivity contribution in [3.8, 4) is 0 Å². The third kappa shape index (κ3) is 14.2. The smallest absolute Gasteiger partial charge is 0.255 e. The highest BCUT2D eigenvalue weighted by Gasteiger charge is 2.24. The SMILES string of the molecule is CCN(CC)CCN(CCN(CC)CC)C(=O)c1ccc(C)cc1SSc1cc(C)ccc1C(=O)N(CCN(CC)CC)CCN(CC)CC. The molecule has 0 unspecified atom stereocenters. The van der Waals surface area contributed by atoms with Crippen LogP contribution in [-0.4, -0.2) is 146 Å². The van der Waals surface area contributed by atoms with Gasteiger partial charge in [-0.1, -0.05) is 89.1 Å². The van der Waals surface area contributed by atoms with Gasteiger partial charge in [0.15, 0.2) is 0 Å². The van der Waals surface area contributed by atoms with Crippen LogP contribution in [0, 0.1) is 13.8 Å². The lowest BCUT2D eigenvalue weighted by molar-refractivity contribution is 0.0707. The molecule has 0 atom stereocenters. The maximum absolute atomic E-state index is 14.3. The zero-order valence-electron chi connectivity index (χ0n) is 33.1. The van der Waals surface area contributed by atoms with Crippen LogP contribution < -0.4 is 0 Å². The maximum atomic E-state index is 14.3. The summed E-state index contributed by atoms with van der Waals surface area (Å²) in [6.45, 7) is 35.5. The van der Waals surface area contributed by atoms with Crippen LogP contribution in [0.4, 0.5) is 0 Å². The Hall–Kier alpha value is -2.08. The second-order valence-corrected chi connectivity index (χ2v) is 15.1. The average Bonchev–Trinajstić information content (AvgIpc) is 3.13. The number of nitrogens with zero attached hydrogens (tertiary/aromatic N) is 6. The molecule has 0 aliphatic rings. The van der Waals surface area contributed by atoms with Crippen LogP contribution in [0.2, 0.25) is 0 Å². The number of hydrogen-bond donors (Lipinski definition) is 0. The second-order valence-electron chi connectivity index (χ2n) is 12.9. The fourth-order valence-corrected chi connectivity index (χ4v) is 8.52. The molecular weight excluding hydrogens is 661 g/mol. The molecule has 8 nitrogen and oxygen atoms in total. The van der Waals surface area contributed by atoms with Crippen molar-refractivity contribution in [2.45, 2.75) is 79.0 Å². The summed E-state index contributed by atoms with van der Waals surface area (Å²) >= 11 is 0. The van der Waals surface area contributed by atoms with E-state index in [1.807, 2.05) is 34.1 Å². The number of rotatable bonds is 25. The number of carbonyl (C=O) groups excluding carboxylic acids is 2. The topological polar surface area (TPSA) is 53.6 Å². The van der Waals surface area contributed by atoms with Crippen molar-refractivity contribution >= 4 is 33.4 Å². The van der Waals surface area contributed by atoms with Gasteiger partial charge in [-0.05, 0) is 102 Å². The molecule has 2 rings (SSSR count). The minimum atomic E-state index is 0.0759. The van der Waals surface area contributed by atoms with E-state index in [1.165, 1.54) is 0 Å². The number of amides is 2. The molecule has 0 aliphatic carbocycles. The molecule has 0 radical (unpaired) electrons. The summed E-state index contributed by atoms with van der Waals surface area (Å²) < 4.78 is 0. The molecule has 0 saturated heterocycles. The highest BCUT2D eigenvalue weighted by molar-refractivity contribution is 8.76. The minimum absolute atomic E-state index is 0.0759. The normalized spacial score (nSPS) is 11.7. The highest BCUT2D eigenvalue weighted by atomic mass is 33.1. The van der Waals surface area contributed by atoms with E-state index in [0.29, 0.717) is 26.2 Å². The van der Waals surface area contributed by atoms with Crippen molar-refractivity contribution in [3.63, 3.8) is 0 Å². The number of likely N-dealkylation sites (N-methyl/N-ethyl adjacent to an activating group) is 4. The van der Waals surface area contributed by atoms with Gasteiger partial charge in [0.1, 0.15) is 0 Å². The molecule has 0 bridgehead atoms. The Morgan fingerprint density at radius 1 is 0.440 bits per heavy atom. The fraction of sp³-hybridized carbons (Fsp3) is 0.650. The van der Waals surface area contributed by atoms with Crippen molar-refractivity contribution in [3.05, 3.63) is 58.7 Å². The van der Waals surface area contributed by atoms with Crippen molar-refractivity contribution in [2.75, 3.05) is 105 Å². The van der Waals surface area contributed by atoms with Crippen molar-refractivity contribution in [1.82, 2.24) is 29.4 Å². The third-order valence-corrected chi connectivity index (χ3v) is 12.3. The Balaban J connectivity index is 2.41. The number of aryl methyl sites for hydroxylation is 2. The van der Waals surface area contributed by atoms with Gasteiger partial charge in [-0.2, -0.15) is 0 Å². The van der Waals surface area contributed by atoms with Crippen molar-refractivity contribution in [1.29, 1.82) is 0 Å². The van der Waals surface area contributed by atoms with Crippen LogP contribution >= 0.6 is 21.6 Å². The van der Waals surface area contributed by atoms with Gasteiger partial charge in [0.05, 0.1) is 11.1 Å². The van der Waals surface area contributed by atoms with E-state index in [0.717, 1.165) is 111 Å². The molecule has 0 aliphatic heterocycles. The van der Waals surface area contributed by atoms with Crippen LogP contribution in [0.5, 0.6) is 0 Å². The summed E-state index contributed by atoms with van der Waals surface area (Å²) in [6, 6.07) is 12.3. The van der Waals surface area contributed by atoms with Gasteiger partial charge >= 0.3 is 0 Å². The lowest BCUT2D eigenvalue weighted by atomic mass is 10.1. The van der Waals surface area contributed by atoms with Crippen LogP contribution in [0.25, 0.3) is 0 Å². The molecule has 10 heteroatoms. The van der Waals surface area contributed by atoms with E-state index in [-0.39, 0.29) is 11.8 Å². The summed E-state index contributed by atoms with van der Waals surface area (Å²) in [7, 11) is 3.18. The van der Waals surface area contributed by atoms with Gasteiger partial charge in [0.2, 0.25) is 0 Å². The quantitative estimate of drug-likeness (QED) is 0.0985. The zero-order valence-corrected chi connectivity index (χ0v) is 34.7. The Morgan fingerprint density at radius 2 is 0.700 bits per heavy atom. The van der Waals surface area contributed by atoms with Gasteiger partial charge < -0.3 is 29.4 Å². The van der Waals surface area contributed by atoms with E-state index in [9.17, 15) is 9.59 Å². The largest absolute Gasteiger partial charge is 0.336 e. The summed E-state index contributed by atoms with van der Waals surface area (Å²) in [5, 5.41) is 0. The molecule has 282 valence electrons. The number of carbonyl (C=O) groups is 2. The predicted octanol–water partition coefficient (Wildman–Crippen LogP) is 7.35. The van der Waals surface area contributed by atoms with Gasteiger partial charge in [-0.3, -0.25) is 9.59 Å². The van der Waals surface area contributed by atoms with Crippen molar-refractivity contribution in [2.24, 2.45) is 0 Å². The van der Waals surface area contributed by atoms with Crippen LogP contribution in [-0.2, 0) is 0 Å². The monoisotopic (exact) mass is 728 g/mol. The van der Waals surface area contributed by atoms with E-state index < -0.39 is 0 Å². The van der Waals surface area contributed by atoms with Crippen LogP contribution in [0.3, 0.4) is 0 Å². The van der Waals surface area contributed by atoms with Crippen molar-refractivity contribution < 1.29 is 9.59 Å². The molecule has 50 heavy (non-hydrogen) atoms. The number of benzene rings is 2. The second kappa shape index (κ2) is 24.2. The summed E-state index contributed by atoms with van der Waals surface area (Å²) in [5.41, 5.74) is 3.68. The Kier molecular flexibility index (Phi) is 21.3. The lowest BCUT2D eigenvalue weighted by Gasteiger charge is -2.30. The number of hydrogen-bond acceptors (Lipinski definition) is 8. The first-order valence-electron chi connectivity index (χ1n) is 19.1. The van der Waals surface area contributed by atoms with E-state index in [1.54, 1.807) is 21.6 Å². The Labute approximate surface area is 313 Å². The average molecular weight is 729 g/mol. The lowest BCUT2D eigenvalue weighted by Crippen LogP contribution is -2.43. The third-order valence-electron chi connectivity index (χ3n) is 9.85. The minimum Gasteiger partial charge on any atom is -0.336 e. The van der Waals surface area contributed by atoms with Gasteiger partial charge in [-0.25, -0.2) is 0 Å². The first-order valence-corrected chi connectivity index (χ1v) is 21.3. The molecule has 0 N–H and O–H groups in total. The van der Waals surface area contributed by atoms with Gasteiger partial charge in [-0.15, -0.1) is 0 Å². The Morgan fingerprint density at radius 3 is 0.940 bits per heavy atom. The molecule has 0 saturated carbocycles. The standard InChI is InChI=1S/C40H68N6O2S2/c1-11-41(12-2)23-27-45(28-24-42(13-3)14-4)39(47)35-21-19-33(9)31-37(35)49-50-38-32-34(10)20-22-36(38)40(48)46(29-25-43(15-5)16-6)30-26-44(17-7)18-8/h19-22,31-32H,11-18,23-30H2,1-10H3. The first kappa shape index (κ1) is 44.1. The first-order chi connectivity index (χ1) is 24.1. The zero-order chi connectivity index (χ0) is 37.1. The Bertz CT molecular complexity index is 1150. The summed E-state index contributed by atoms with van der Waals surface area (Å²) in [4.78, 5) is 44.1. The molecule has 2 amide bonds. The molecule has 2 aromatic rings. The molecule has 0 aromatic heterocycles.